The van der Waals surface area contributed by atoms with E-state index in [-0.39, 0.29) is 6.42 Å². The third-order valence-electron chi connectivity index (χ3n) is 4.41. The standard InChI is InChI=1S/C18H19BrN4O3S/c1-22-9-23(2)17(27-3)15(22)7-14(18(25)26)21-16(24)12-8-20-13-6-10(19)4-5-11(12)13/h4-6,8-9,14H,7H2,1-3H3,(H2-,20,21,24,25,26). The second-order valence-corrected chi connectivity index (χ2v) is 7.95. The number of amides is 1. The van der Waals surface area contributed by atoms with Crippen molar-refractivity contribution in [3.05, 3.63) is 46.5 Å². The third kappa shape index (κ3) is 3.89. The first-order valence-corrected chi connectivity index (χ1v) is 10.2. The number of aromatic nitrogens is 3. The highest BCUT2D eigenvalue weighted by molar-refractivity contribution is 9.10. The van der Waals surface area contributed by atoms with E-state index in [1.165, 1.54) is 11.8 Å². The minimum absolute atomic E-state index is 0.134. The van der Waals surface area contributed by atoms with Crippen molar-refractivity contribution in [3.8, 4) is 0 Å². The van der Waals surface area contributed by atoms with Gasteiger partial charge < -0.3 is 20.2 Å². The highest BCUT2D eigenvalue weighted by Crippen LogP contribution is 2.23. The molecule has 2 heterocycles. The molecule has 0 aliphatic heterocycles. The van der Waals surface area contributed by atoms with Crippen LogP contribution in [0.3, 0.4) is 0 Å². The number of carbonyl (C=O) groups is 2. The van der Waals surface area contributed by atoms with Crippen molar-refractivity contribution in [2.45, 2.75) is 17.5 Å². The molecule has 0 radical (unpaired) electrons. The Morgan fingerprint density at radius 3 is 2.85 bits per heavy atom. The lowest BCUT2D eigenvalue weighted by Gasteiger charge is -2.19. The zero-order chi connectivity index (χ0) is 19.7. The number of aliphatic carboxylic acids is 1. The maximum atomic E-state index is 12.7. The molecule has 1 aromatic carbocycles. The van der Waals surface area contributed by atoms with E-state index in [2.05, 4.69) is 26.2 Å². The molecule has 1 atom stereocenters. The van der Waals surface area contributed by atoms with Crippen molar-refractivity contribution < 1.29 is 19.3 Å². The van der Waals surface area contributed by atoms with Crippen LogP contribution >= 0.6 is 27.7 Å². The Bertz CT molecular complexity index is 1030. The van der Waals surface area contributed by atoms with Crippen LogP contribution in [0.4, 0.5) is 0 Å². The number of nitrogens with zero attached hydrogens (tertiary/aromatic N) is 2. The highest BCUT2D eigenvalue weighted by Gasteiger charge is 2.25. The van der Waals surface area contributed by atoms with Gasteiger partial charge in [0.2, 0.25) is 11.4 Å². The number of aryl methyl sites for hydroxylation is 2. The maximum Gasteiger partial charge on any atom is 0.253 e. The topological polar surface area (TPSA) is 93.8 Å². The van der Waals surface area contributed by atoms with Crippen LogP contribution in [-0.4, -0.2) is 33.7 Å². The van der Waals surface area contributed by atoms with E-state index in [1.54, 1.807) is 6.20 Å². The highest BCUT2D eigenvalue weighted by atomic mass is 79.9. The molecule has 3 rings (SSSR count). The van der Waals surface area contributed by atoms with Gasteiger partial charge in [0.05, 0.1) is 31.7 Å². The summed E-state index contributed by atoms with van der Waals surface area (Å²) in [5.41, 5.74) is 2.01. The molecule has 7 nitrogen and oxygen atoms in total. The number of carbonyl (C=O) groups excluding carboxylic acids is 2. The minimum atomic E-state index is -1.32. The number of hydrogen-bond acceptors (Lipinski definition) is 4. The molecule has 0 spiro atoms. The van der Waals surface area contributed by atoms with Gasteiger partial charge in [-0.05, 0) is 18.4 Å². The Labute approximate surface area is 168 Å². The molecule has 0 aliphatic rings. The molecule has 2 N–H and O–H groups in total. The number of rotatable bonds is 6. The van der Waals surface area contributed by atoms with Crippen molar-refractivity contribution in [2.75, 3.05) is 6.26 Å². The van der Waals surface area contributed by atoms with Crippen molar-refractivity contribution >= 4 is 50.5 Å². The van der Waals surface area contributed by atoms with Crippen LogP contribution < -0.4 is 15.0 Å². The summed E-state index contributed by atoms with van der Waals surface area (Å²) in [7, 11) is 3.74. The van der Waals surface area contributed by atoms with Gasteiger partial charge in [0.1, 0.15) is 0 Å². The molecule has 3 aromatic rings. The van der Waals surface area contributed by atoms with E-state index < -0.39 is 17.9 Å². The van der Waals surface area contributed by atoms with Crippen LogP contribution in [0.15, 0.2) is 40.2 Å². The summed E-state index contributed by atoms with van der Waals surface area (Å²) in [6.45, 7) is 0. The van der Waals surface area contributed by atoms with Crippen LogP contribution in [0.2, 0.25) is 0 Å². The van der Waals surface area contributed by atoms with Crippen LogP contribution in [0.5, 0.6) is 0 Å². The number of thioether (sulfide) groups is 1. The fourth-order valence-electron chi connectivity index (χ4n) is 3.14. The molecule has 1 unspecified atom stereocenters. The summed E-state index contributed by atoms with van der Waals surface area (Å²) in [5.74, 6) is -1.77. The Hall–Kier alpha value is -2.26. The van der Waals surface area contributed by atoms with Crippen LogP contribution in [-0.2, 0) is 25.3 Å². The van der Waals surface area contributed by atoms with E-state index in [9.17, 15) is 14.7 Å². The fraction of sp³-hybridized carbons (Fsp3) is 0.278. The quantitative estimate of drug-likeness (QED) is 0.431. The zero-order valence-corrected chi connectivity index (χ0v) is 17.5. The molecule has 2 aromatic heterocycles. The van der Waals surface area contributed by atoms with Crippen molar-refractivity contribution in [1.82, 2.24) is 14.9 Å². The molecule has 27 heavy (non-hydrogen) atoms. The van der Waals surface area contributed by atoms with Crippen molar-refractivity contribution in [1.29, 1.82) is 0 Å². The van der Waals surface area contributed by atoms with Crippen molar-refractivity contribution in [3.63, 3.8) is 0 Å². The number of hydrogen-bond donors (Lipinski definition) is 2. The van der Waals surface area contributed by atoms with Gasteiger partial charge >= 0.3 is 0 Å². The molecule has 1 amide bonds. The van der Waals surface area contributed by atoms with E-state index >= 15 is 0 Å². The summed E-state index contributed by atoms with van der Waals surface area (Å²) in [5, 5.41) is 15.9. The Morgan fingerprint density at radius 2 is 2.19 bits per heavy atom. The van der Waals surface area contributed by atoms with Gasteiger partial charge in [0.25, 0.3) is 5.91 Å². The second-order valence-electron chi connectivity index (χ2n) is 6.23. The average Bonchev–Trinajstić information content (AvgIpc) is 3.14. The van der Waals surface area contributed by atoms with Gasteiger partial charge in [-0.1, -0.05) is 33.8 Å². The third-order valence-corrected chi connectivity index (χ3v) is 5.81. The molecule has 0 fully saturated rings. The molecule has 9 heteroatoms. The molecule has 0 aliphatic carbocycles. The SMILES string of the molecule is CSc1c(CC(NC(=O)c2c[nH]c3cc(Br)ccc23)C(=O)[O-])n(C)c[n+]1C. The lowest BCUT2D eigenvalue weighted by Crippen LogP contribution is -2.49. The molecular weight excluding hydrogens is 432 g/mol. The second kappa shape index (κ2) is 7.77. The lowest BCUT2D eigenvalue weighted by atomic mass is 10.1. The molecule has 0 bridgehead atoms. The monoisotopic (exact) mass is 450 g/mol. The van der Waals surface area contributed by atoms with Gasteiger partial charge in [-0.3, -0.25) is 4.79 Å². The number of carboxylic acids is 1. The smallest absolute Gasteiger partial charge is 0.253 e. The number of nitrogens with one attached hydrogen (secondary N) is 2. The summed E-state index contributed by atoms with van der Waals surface area (Å²) in [4.78, 5) is 27.4. The van der Waals surface area contributed by atoms with Crippen LogP contribution in [0.1, 0.15) is 16.1 Å². The van der Waals surface area contributed by atoms with E-state index in [0.717, 1.165) is 26.1 Å². The summed E-state index contributed by atoms with van der Waals surface area (Å²) in [6.07, 6.45) is 5.51. The van der Waals surface area contributed by atoms with E-state index in [0.29, 0.717) is 5.56 Å². The maximum absolute atomic E-state index is 12.7. The Morgan fingerprint density at radius 1 is 1.44 bits per heavy atom. The predicted molar refractivity (Wildman–Crippen MR) is 104 cm³/mol. The first-order chi connectivity index (χ1) is 12.8. The number of fused-ring (bicyclic) bond motifs is 1. The largest absolute Gasteiger partial charge is 0.548 e. The zero-order valence-electron chi connectivity index (χ0n) is 15.1. The number of halogens is 1. The van der Waals surface area contributed by atoms with Crippen LogP contribution in [0.25, 0.3) is 10.9 Å². The molecule has 142 valence electrons. The van der Waals surface area contributed by atoms with E-state index in [1.807, 2.05) is 54.0 Å². The fourth-order valence-corrected chi connectivity index (χ4v) is 4.30. The van der Waals surface area contributed by atoms with Gasteiger partial charge in [-0.15, -0.1) is 0 Å². The molecule has 0 saturated heterocycles. The van der Waals surface area contributed by atoms with Gasteiger partial charge in [-0.25, -0.2) is 9.13 Å². The minimum Gasteiger partial charge on any atom is -0.548 e. The number of imidazole rings is 1. The first-order valence-electron chi connectivity index (χ1n) is 8.18. The Balaban J connectivity index is 1.86. The predicted octanol–water partition coefficient (Wildman–Crippen LogP) is 0.906. The van der Waals surface area contributed by atoms with Gasteiger partial charge in [-0.2, -0.15) is 0 Å². The van der Waals surface area contributed by atoms with Gasteiger partial charge in [0.15, 0.2) is 5.69 Å². The number of carboxylic acid groups (broad SMARTS) is 1. The lowest BCUT2D eigenvalue weighted by molar-refractivity contribution is -0.707. The number of benzene rings is 1. The molecular formula is C18H19BrN4O3S. The normalized spacial score (nSPS) is 12.3. The van der Waals surface area contributed by atoms with Gasteiger partial charge in [0, 0.05) is 28.0 Å². The first kappa shape index (κ1) is 19.5. The average molecular weight is 451 g/mol. The molecule has 0 saturated carbocycles. The number of H-pyrrole nitrogens is 1. The Kier molecular flexibility index (Phi) is 5.61. The summed E-state index contributed by atoms with van der Waals surface area (Å²) < 4.78 is 4.67. The summed E-state index contributed by atoms with van der Waals surface area (Å²) >= 11 is 4.91. The number of aromatic amines is 1. The summed E-state index contributed by atoms with van der Waals surface area (Å²) in [6, 6.07) is 4.36. The van der Waals surface area contributed by atoms with E-state index in [4.69, 9.17) is 0 Å². The van der Waals surface area contributed by atoms with Crippen LogP contribution in [0, 0.1) is 0 Å². The van der Waals surface area contributed by atoms with Crippen molar-refractivity contribution in [2.24, 2.45) is 14.1 Å².